The summed E-state index contributed by atoms with van der Waals surface area (Å²) in [7, 11) is 0. The monoisotopic (exact) mass is 373 g/mol. The van der Waals surface area contributed by atoms with Crippen molar-refractivity contribution in [2.45, 2.75) is 44.4 Å². The zero-order chi connectivity index (χ0) is 18.4. The molecule has 138 valence electrons. The lowest BCUT2D eigenvalue weighted by molar-refractivity contribution is -0.145. The molecule has 1 heterocycles. The summed E-state index contributed by atoms with van der Waals surface area (Å²) in [6.07, 6.45) is 2.03. The van der Waals surface area contributed by atoms with Crippen molar-refractivity contribution in [2.75, 3.05) is 13.2 Å². The number of halogens is 2. The minimum absolute atomic E-state index is 0.0513. The number of amides is 1. The number of hydrogen-bond acceptors (Lipinski definition) is 4. The number of ether oxygens (including phenoxy) is 2. The number of benzene rings is 1. The predicted molar refractivity (Wildman–Crippen MR) is 88.9 cm³/mol. The number of carboxylic acids is 1. The lowest BCUT2D eigenvalue weighted by Crippen LogP contribution is -2.41. The van der Waals surface area contributed by atoms with E-state index in [1.165, 1.54) is 19.1 Å². The van der Waals surface area contributed by atoms with Crippen molar-refractivity contribution in [1.82, 2.24) is 5.32 Å². The Morgan fingerprint density at radius 1 is 1.48 bits per heavy atom. The molecule has 1 aliphatic heterocycles. The Morgan fingerprint density at radius 2 is 2.24 bits per heavy atom. The first kappa shape index (κ1) is 19.6. The van der Waals surface area contributed by atoms with E-state index in [0.717, 1.165) is 25.3 Å². The van der Waals surface area contributed by atoms with Crippen LogP contribution < -0.4 is 5.32 Å². The van der Waals surface area contributed by atoms with Crippen molar-refractivity contribution in [3.05, 3.63) is 34.6 Å². The van der Waals surface area contributed by atoms with Gasteiger partial charge < -0.3 is 19.9 Å². The Labute approximate surface area is 150 Å². The van der Waals surface area contributed by atoms with Crippen LogP contribution in [0.15, 0.2) is 18.2 Å². The van der Waals surface area contributed by atoms with Gasteiger partial charge >= 0.3 is 5.97 Å². The number of carbonyl (C=O) groups is 2. The lowest BCUT2D eigenvalue weighted by atomic mass is 10.1. The van der Waals surface area contributed by atoms with Crippen LogP contribution in [0.25, 0.3) is 0 Å². The van der Waals surface area contributed by atoms with Crippen LogP contribution in [0.5, 0.6) is 0 Å². The van der Waals surface area contributed by atoms with E-state index in [1.54, 1.807) is 0 Å². The van der Waals surface area contributed by atoms with Gasteiger partial charge in [0.2, 0.25) is 5.91 Å². The molecule has 1 aromatic rings. The molecule has 8 heteroatoms. The number of hydrogen-bond donors (Lipinski definition) is 2. The highest BCUT2D eigenvalue weighted by atomic mass is 35.5. The third-order valence-electron chi connectivity index (χ3n) is 3.99. The molecule has 3 unspecified atom stereocenters. The SMILES string of the molecule is CC(OCC1CCCCO1)C(=O)NC(C(=O)O)c1ccc(Cl)c(F)c1. The van der Waals surface area contributed by atoms with Crippen LogP contribution >= 0.6 is 11.6 Å². The van der Waals surface area contributed by atoms with Crippen LogP contribution in [0.1, 0.15) is 37.8 Å². The first-order valence-electron chi connectivity index (χ1n) is 8.10. The summed E-state index contributed by atoms with van der Waals surface area (Å²) in [6, 6.07) is 2.19. The maximum Gasteiger partial charge on any atom is 0.330 e. The van der Waals surface area contributed by atoms with Gasteiger partial charge in [0.25, 0.3) is 0 Å². The number of nitrogens with one attached hydrogen (secondary N) is 1. The van der Waals surface area contributed by atoms with Crippen LogP contribution in [0.2, 0.25) is 5.02 Å². The molecule has 1 aliphatic rings. The van der Waals surface area contributed by atoms with E-state index in [2.05, 4.69) is 5.32 Å². The zero-order valence-electron chi connectivity index (χ0n) is 13.8. The van der Waals surface area contributed by atoms with Gasteiger partial charge in [0.1, 0.15) is 11.9 Å². The molecule has 6 nitrogen and oxygen atoms in total. The van der Waals surface area contributed by atoms with E-state index in [1.807, 2.05) is 0 Å². The van der Waals surface area contributed by atoms with Gasteiger partial charge in [0.05, 0.1) is 17.7 Å². The average molecular weight is 374 g/mol. The molecule has 1 fully saturated rings. The minimum Gasteiger partial charge on any atom is -0.479 e. The fourth-order valence-electron chi connectivity index (χ4n) is 2.51. The van der Waals surface area contributed by atoms with Crippen molar-refractivity contribution in [3.8, 4) is 0 Å². The van der Waals surface area contributed by atoms with Gasteiger partial charge in [0.15, 0.2) is 6.04 Å². The summed E-state index contributed by atoms with van der Waals surface area (Å²) in [4.78, 5) is 23.6. The van der Waals surface area contributed by atoms with Crippen LogP contribution in [0, 0.1) is 5.82 Å². The van der Waals surface area contributed by atoms with E-state index in [9.17, 15) is 19.1 Å². The molecule has 0 radical (unpaired) electrons. The predicted octanol–water partition coefficient (Wildman–Crippen LogP) is 2.70. The van der Waals surface area contributed by atoms with E-state index >= 15 is 0 Å². The number of carbonyl (C=O) groups excluding carboxylic acids is 1. The maximum absolute atomic E-state index is 13.5. The largest absolute Gasteiger partial charge is 0.479 e. The second-order valence-corrected chi connectivity index (χ2v) is 6.32. The van der Waals surface area contributed by atoms with Crippen LogP contribution in [0.3, 0.4) is 0 Å². The quantitative estimate of drug-likeness (QED) is 0.767. The van der Waals surface area contributed by atoms with Gasteiger partial charge in [-0.2, -0.15) is 0 Å². The fraction of sp³-hybridized carbons (Fsp3) is 0.529. The molecule has 0 aliphatic carbocycles. The van der Waals surface area contributed by atoms with Gasteiger partial charge in [-0.25, -0.2) is 9.18 Å². The zero-order valence-corrected chi connectivity index (χ0v) is 14.6. The number of aliphatic carboxylic acids is 1. The highest BCUT2D eigenvalue weighted by Crippen LogP contribution is 2.21. The molecular formula is C17H21ClFNO5. The lowest BCUT2D eigenvalue weighted by Gasteiger charge is -2.24. The first-order chi connectivity index (χ1) is 11.9. The molecule has 25 heavy (non-hydrogen) atoms. The van der Waals surface area contributed by atoms with E-state index in [-0.39, 0.29) is 23.3 Å². The maximum atomic E-state index is 13.5. The summed E-state index contributed by atoms with van der Waals surface area (Å²) in [5.41, 5.74) is 0.0885. The van der Waals surface area contributed by atoms with E-state index < -0.39 is 29.8 Å². The van der Waals surface area contributed by atoms with E-state index in [0.29, 0.717) is 6.61 Å². The Balaban J connectivity index is 1.94. The van der Waals surface area contributed by atoms with Crippen LogP contribution in [0.4, 0.5) is 4.39 Å². The Bertz CT molecular complexity index is 621. The molecule has 1 saturated heterocycles. The molecule has 3 atom stereocenters. The third kappa shape index (κ3) is 5.66. The molecule has 0 saturated carbocycles. The smallest absolute Gasteiger partial charge is 0.330 e. The molecular weight excluding hydrogens is 353 g/mol. The molecule has 2 rings (SSSR count). The fourth-order valence-corrected chi connectivity index (χ4v) is 2.62. The van der Waals surface area contributed by atoms with Gasteiger partial charge in [-0.15, -0.1) is 0 Å². The van der Waals surface area contributed by atoms with Crippen LogP contribution in [-0.2, 0) is 19.1 Å². The Kier molecular flexibility index (Phi) is 7.16. The second kappa shape index (κ2) is 9.12. The minimum atomic E-state index is -1.39. The van der Waals surface area contributed by atoms with Gasteiger partial charge in [0, 0.05) is 6.61 Å². The summed E-state index contributed by atoms with van der Waals surface area (Å²) in [5, 5.41) is 11.6. The van der Waals surface area contributed by atoms with Crippen molar-refractivity contribution in [3.63, 3.8) is 0 Å². The van der Waals surface area contributed by atoms with Gasteiger partial charge in [-0.3, -0.25) is 4.79 Å². The van der Waals surface area contributed by atoms with Crippen molar-refractivity contribution in [1.29, 1.82) is 0 Å². The summed E-state index contributed by atoms with van der Waals surface area (Å²) in [6.45, 7) is 2.47. The highest BCUT2D eigenvalue weighted by Gasteiger charge is 2.26. The van der Waals surface area contributed by atoms with Crippen molar-refractivity contribution < 1.29 is 28.6 Å². The van der Waals surface area contributed by atoms with Crippen molar-refractivity contribution >= 4 is 23.5 Å². The molecule has 0 spiro atoms. The Hall–Kier alpha value is -1.70. The standard InChI is InChI=1S/C17H21ClFNO5/c1-10(25-9-12-4-2-3-7-24-12)16(21)20-15(17(22)23)11-5-6-13(18)14(19)8-11/h5-6,8,10,12,15H,2-4,7,9H2,1H3,(H,20,21)(H,22,23). The third-order valence-corrected chi connectivity index (χ3v) is 4.29. The number of rotatable bonds is 7. The van der Waals surface area contributed by atoms with Crippen molar-refractivity contribution in [2.24, 2.45) is 0 Å². The molecule has 1 aromatic carbocycles. The first-order valence-corrected chi connectivity index (χ1v) is 8.47. The average Bonchev–Trinajstić information content (AvgIpc) is 2.60. The summed E-state index contributed by atoms with van der Waals surface area (Å²) >= 11 is 5.59. The Morgan fingerprint density at radius 3 is 2.84 bits per heavy atom. The topological polar surface area (TPSA) is 84.9 Å². The highest BCUT2D eigenvalue weighted by molar-refractivity contribution is 6.30. The number of carboxylic acid groups (broad SMARTS) is 1. The summed E-state index contributed by atoms with van der Waals surface area (Å²) < 4.78 is 24.5. The normalized spacial score (nSPS) is 19.9. The molecule has 1 amide bonds. The molecule has 0 aromatic heterocycles. The van der Waals surface area contributed by atoms with Gasteiger partial charge in [-0.1, -0.05) is 17.7 Å². The van der Waals surface area contributed by atoms with E-state index in [4.69, 9.17) is 21.1 Å². The summed E-state index contributed by atoms with van der Waals surface area (Å²) in [5.74, 6) is -2.66. The molecule has 2 N–H and O–H groups in total. The second-order valence-electron chi connectivity index (χ2n) is 5.92. The van der Waals surface area contributed by atoms with Crippen LogP contribution in [-0.4, -0.2) is 42.4 Å². The van der Waals surface area contributed by atoms with Gasteiger partial charge in [-0.05, 0) is 43.9 Å². The molecule has 0 bridgehead atoms.